The molecule has 2 aromatic carbocycles. The second-order valence-electron chi connectivity index (χ2n) is 7.65. The summed E-state index contributed by atoms with van der Waals surface area (Å²) in [6.07, 6.45) is 0. The third-order valence-electron chi connectivity index (χ3n) is 5.55. The molecule has 0 spiro atoms. The minimum absolute atomic E-state index is 0.142. The van der Waals surface area contributed by atoms with Crippen molar-refractivity contribution in [3.05, 3.63) is 53.6 Å². The summed E-state index contributed by atoms with van der Waals surface area (Å²) in [6, 6.07) is 14.3. The Bertz CT molecular complexity index is 1060. The molecule has 168 valence electrons. The fourth-order valence-electron chi connectivity index (χ4n) is 3.48. The van der Waals surface area contributed by atoms with E-state index in [0.717, 1.165) is 52.8 Å². The Kier molecular flexibility index (Phi) is 7.16. The number of aromatic nitrogens is 2. The fourth-order valence-corrected chi connectivity index (χ4v) is 5.16. The zero-order valence-corrected chi connectivity index (χ0v) is 20.1. The highest BCUT2D eigenvalue weighted by molar-refractivity contribution is 8.01. The molecule has 1 fully saturated rings. The number of nitrogens with one attached hydrogen (secondary N) is 1. The molecular formula is C23H27N5O2S2. The molecule has 0 radical (unpaired) electrons. The van der Waals surface area contributed by atoms with Gasteiger partial charge in [0.25, 0.3) is 0 Å². The lowest BCUT2D eigenvalue weighted by Crippen LogP contribution is -2.49. The molecule has 0 aliphatic carbocycles. The van der Waals surface area contributed by atoms with E-state index in [-0.39, 0.29) is 5.91 Å². The minimum atomic E-state index is 0.142. The first-order valence-corrected chi connectivity index (χ1v) is 12.3. The van der Waals surface area contributed by atoms with Crippen LogP contribution in [-0.4, -0.2) is 60.0 Å². The van der Waals surface area contributed by atoms with E-state index in [2.05, 4.69) is 58.5 Å². The van der Waals surface area contributed by atoms with Crippen molar-refractivity contribution in [1.82, 2.24) is 15.1 Å². The number of hydrogen-bond donors (Lipinski definition) is 1. The number of amides is 1. The van der Waals surface area contributed by atoms with Crippen LogP contribution in [0.4, 0.5) is 16.5 Å². The highest BCUT2D eigenvalue weighted by Gasteiger charge is 2.22. The van der Waals surface area contributed by atoms with Gasteiger partial charge in [-0.1, -0.05) is 29.2 Å². The summed E-state index contributed by atoms with van der Waals surface area (Å²) < 4.78 is 6.02. The Hall–Kier alpha value is -2.78. The largest absolute Gasteiger partial charge is 0.497 e. The monoisotopic (exact) mass is 469 g/mol. The molecule has 2 heterocycles. The molecule has 32 heavy (non-hydrogen) atoms. The highest BCUT2D eigenvalue weighted by Crippen LogP contribution is 2.28. The van der Waals surface area contributed by atoms with E-state index in [1.54, 1.807) is 7.11 Å². The summed E-state index contributed by atoms with van der Waals surface area (Å²) in [4.78, 5) is 16.9. The molecule has 4 rings (SSSR count). The number of hydrogen-bond acceptors (Lipinski definition) is 8. The maximum atomic E-state index is 12.7. The van der Waals surface area contributed by atoms with Gasteiger partial charge in [-0.2, -0.15) is 0 Å². The number of methoxy groups -OCH3 is 1. The maximum Gasteiger partial charge on any atom is 0.233 e. The van der Waals surface area contributed by atoms with Crippen LogP contribution >= 0.6 is 23.1 Å². The van der Waals surface area contributed by atoms with Gasteiger partial charge in [0.2, 0.25) is 11.0 Å². The highest BCUT2D eigenvalue weighted by atomic mass is 32.2. The second-order valence-corrected chi connectivity index (χ2v) is 9.85. The van der Waals surface area contributed by atoms with Gasteiger partial charge in [-0.3, -0.25) is 4.79 Å². The third kappa shape index (κ3) is 5.52. The number of thioether (sulfide) groups is 1. The molecule has 1 aliphatic rings. The van der Waals surface area contributed by atoms with Crippen LogP contribution in [0, 0.1) is 13.8 Å². The van der Waals surface area contributed by atoms with Gasteiger partial charge in [-0.05, 0) is 61.4 Å². The van der Waals surface area contributed by atoms with Crippen LogP contribution in [0.15, 0.2) is 46.8 Å². The lowest BCUT2D eigenvalue weighted by molar-refractivity contribution is -0.128. The van der Waals surface area contributed by atoms with Crippen molar-refractivity contribution >= 4 is 45.5 Å². The predicted molar refractivity (Wildman–Crippen MR) is 132 cm³/mol. The smallest absolute Gasteiger partial charge is 0.233 e. The number of carbonyl (C=O) groups excluding carboxylic acids is 1. The number of nitrogens with zero attached hydrogens (tertiary/aromatic N) is 4. The number of aryl methyl sites for hydroxylation is 2. The van der Waals surface area contributed by atoms with Gasteiger partial charge < -0.3 is 19.9 Å². The van der Waals surface area contributed by atoms with Gasteiger partial charge in [-0.15, -0.1) is 10.2 Å². The summed E-state index contributed by atoms with van der Waals surface area (Å²) >= 11 is 2.91. The Morgan fingerprint density at radius 1 is 1.06 bits per heavy atom. The van der Waals surface area contributed by atoms with Crippen LogP contribution in [-0.2, 0) is 4.79 Å². The molecule has 0 bridgehead atoms. The molecule has 1 aromatic heterocycles. The zero-order valence-electron chi connectivity index (χ0n) is 18.5. The minimum Gasteiger partial charge on any atom is -0.497 e. The normalized spacial score (nSPS) is 13.8. The summed E-state index contributed by atoms with van der Waals surface area (Å²) in [6.45, 7) is 7.28. The van der Waals surface area contributed by atoms with Gasteiger partial charge in [0.1, 0.15) is 5.75 Å². The lowest BCUT2D eigenvalue weighted by atomic mass is 10.1. The van der Waals surface area contributed by atoms with Gasteiger partial charge in [-0.25, -0.2) is 0 Å². The SMILES string of the molecule is COc1ccc(N2CCN(C(=O)CSc3nnc(Nc4ccc(C)c(C)c4)s3)CC2)cc1. The van der Waals surface area contributed by atoms with E-state index in [0.29, 0.717) is 5.75 Å². The molecule has 1 aliphatic heterocycles. The number of rotatable bonds is 7. The molecule has 1 saturated heterocycles. The molecule has 7 nitrogen and oxygen atoms in total. The van der Waals surface area contributed by atoms with Crippen molar-refractivity contribution in [3.8, 4) is 5.75 Å². The Labute approximate surface area is 196 Å². The number of anilines is 3. The Balaban J connectivity index is 1.24. The average molecular weight is 470 g/mol. The first-order valence-electron chi connectivity index (χ1n) is 10.5. The van der Waals surface area contributed by atoms with Crippen LogP contribution in [0.25, 0.3) is 0 Å². The van der Waals surface area contributed by atoms with E-state index < -0.39 is 0 Å². The third-order valence-corrected chi connectivity index (χ3v) is 7.51. The van der Waals surface area contributed by atoms with E-state index >= 15 is 0 Å². The van der Waals surface area contributed by atoms with Gasteiger partial charge in [0.15, 0.2) is 4.34 Å². The topological polar surface area (TPSA) is 70.6 Å². The molecule has 0 unspecified atom stereocenters. The molecule has 1 N–H and O–H groups in total. The Morgan fingerprint density at radius 2 is 1.81 bits per heavy atom. The molecule has 1 amide bonds. The predicted octanol–water partition coefficient (Wildman–Crippen LogP) is 4.35. The van der Waals surface area contributed by atoms with Crippen LogP contribution in [0.2, 0.25) is 0 Å². The van der Waals surface area contributed by atoms with Crippen molar-refractivity contribution in [2.24, 2.45) is 0 Å². The Morgan fingerprint density at radius 3 is 2.50 bits per heavy atom. The molecule has 0 atom stereocenters. The molecule has 3 aromatic rings. The summed E-state index contributed by atoms with van der Waals surface area (Å²) in [5.41, 5.74) is 4.63. The van der Waals surface area contributed by atoms with Crippen molar-refractivity contribution < 1.29 is 9.53 Å². The van der Waals surface area contributed by atoms with E-state index in [9.17, 15) is 4.79 Å². The average Bonchev–Trinajstić information content (AvgIpc) is 3.27. The first kappa shape index (κ1) is 22.4. The van der Waals surface area contributed by atoms with Crippen LogP contribution < -0.4 is 15.0 Å². The fraction of sp³-hybridized carbons (Fsp3) is 0.348. The van der Waals surface area contributed by atoms with E-state index in [4.69, 9.17) is 4.74 Å². The lowest BCUT2D eigenvalue weighted by Gasteiger charge is -2.36. The quantitative estimate of drug-likeness (QED) is 0.516. The second kappa shape index (κ2) is 10.2. The van der Waals surface area contributed by atoms with Gasteiger partial charge in [0, 0.05) is 37.6 Å². The number of carbonyl (C=O) groups is 1. The maximum absolute atomic E-state index is 12.7. The standard InChI is InChI=1S/C23H27N5O2S2/c1-16-4-5-18(14-17(16)2)24-22-25-26-23(32-22)31-15-21(29)28-12-10-27(11-13-28)19-6-8-20(30-3)9-7-19/h4-9,14H,10-13,15H2,1-3H3,(H,24,25). The van der Waals surface area contributed by atoms with Crippen LogP contribution in [0.3, 0.4) is 0 Å². The summed E-state index contributed by atoms with van der Waals surface area (Å²) in [7, 11) is 1.67. The van der Waals surface area contributed by atoms with Crippen molar-refractivity contribution in [2.45, 2.75) is 18.2 Å². The summed E-state index contributed by atoms with van der Waals surface area (Å²) in [5.74, 6) is 1.37. The molecule has 0 saturated carbocycles. The van der Waals surface area contributed by atoms with Crippen molar-refractivity contribution in [1.29, 1.82) is 0 Å². The number of piperazine rings is 1. The molecular weight excluding hydrogens is 442 g/mol. The molecule has 9 heteroatoms. The summed E-state index contributed by atoms with van der Waals surface area (Å²) in [5, 5.41) is 12.4. The van der Waals surface area contributed by atoms with Crippen LogP contribution in [0.5, 0.6) is 5.75 Å². The van der Waals surface area contributed by atoms with E-state index in [1.165, 1.54) is 34.2 Å². The van der Waals surface area contributed by atoms with Crippen LogP contribution in [0.1, 0.15) is 11.1 Å². The van der Waals surface area contributed by atoms with Crippen molar-refractivity contribution in [3.63, 3.8) is 0 Å². The number of benzene rings is 2. The van der Waals surface area contributed by atoms with E-state index in [1.807, 2.05) is 23.1 Å². The number of ether oxygens (including phenoxy) is 1. The van der Waals surface area contributed by atoms with Crippen molar-refractivity contribution in [2.75, 3.05) is 49.3 Å². The van der Waals surface area contributed by atoms with Gasteiger partial charge in [0.05, 0.1) is 12.9 Å². The first-order chi connectivity index (χ1) is 15.5. The van der Waals surface area contributed by atoms with Gasteiger partial charge >= 0.3 is 0 Å². The zero-order chi connectivity index (χ0) is 22.5.